The molecule has 0 spiro atoms. The summed E-state index contributed by atoms with van der Waals surface area (Å²) in [7, 11) is 0. The highest BCUT2D eigenvalue weighted by molar-refractivity contribution is 5.82. The average Bonchev–Trinajstić information content (AvgIpc) is 1.85. The molecule has 0 saturated carbocycles. The van der Waals surface area contributed by atoms with E-state index in [1.165, 1.54) is 0 Å². The second-order valence-electron chi connectivity index (χ2n) is 3.64. The first kappa shape index (κ1) is 10.6. The van der Waals surface area contributed by atoms with E-state index in [0.717, 1.165) is 0 Å². The van der Waals surface area contributed by atoms with Crippen LogP contribution in [-0.4, -0.2) is 17.5 Å². The summed E-state index contributed by atoms with van der Waals surface area (Å²) < 4.78 is 0. The van der Waals surface area contributed by atoms with Crippen molar-refractivity contribution in [3.05, 3.63) is 0 Å². The molecule has 0 saturated heterocycles. The average molecular weight is 158 g/mol. The molecule has 11 heavy (non-hydrogen) atoms. The predicted octanol–water partition coefficient (Wildman–Crippen LogP) is 1.48. The van der Waals surface area contributed by atoms with Crippen molar-refractivity contribution in [3.8, 4) is 0 Å². The number of rotatable bonds is 4. The molecule has 0 aromatic carbocycles. The summed E-state index contributed by atoms with van der Waals surface area (Å²) >= 11 is 0. The second kappa shape index (κ2) is 4.50. The molecule has 0 unspecified atom stereocenters. The van der Waals surface area contributed by atoms with Crippen molar-refractivity contribution in [2.24, 2.45) is 17.8 Å². The van der Waals surface area contributed by atoms with Crippen molar-refractivity contribution in [1.29, 1.82) is 0 Å². The van der Waals surface area contributed by atoms with Gasteiger partial charge in [0.1, 0.15) is 6.61 Å². The molecule has 0 aromatic rings. The number of carbonyl (C=O) groups is 1. The van der Waals surface area contributed by atoms with Crippen molar-refractivity contribution in [2.45, 2.75) is 27.7 Å². The Hall–Kier alpha value is -0.370. The fourth-order valence-electron chi connectivity index (χ4n) is 1.62. The molecule has 0 amide bonds. The zero-order chi connectivity index (χ0) is 9.02. The van der Waals surface area contributed by atoms with Gasteiger partial charge in [-0.3, -0.25) is 4.79 Å². The third-order valence-electron chi connectivity index (χ3n) is 1.96. The Kier molecular flexibility index (Phi) is 4.34. The van der Waals surface area contributed by atoms with E-state index in [2.05, 4.69) is 0 Å². The summed E-state index contributed by atoms with van der Waals surface area (Å²) in [6, 6.07) is 0. The van der Waals surface area contributed by atoms with E-state index in [4.69, 9.17) is 5.11 Å². The molecule has 0 fully saturated rings. The van der Waals surface area contributed by atoms with Gasteiger partial charge in [0.25, 0.3) is 0 Å². The highest BCUT2D eigenvalue weighted by Gasteiger charge is 2.24. The topological polar surface area (TPSA) is 37.3 Å². The van der Waals surface area contributed by atoms with Gasteiger partial charge in [-0.1, -0.05) is 27.7 Å². The lowest BCUT2D eigenvalue weighted by atomic mass is 9.82. The number of carbonyl (C=O) groups excluding carboxylic acids is 1. The third kappa shape index (κ3) is 3.02. The van der Waals surface area contributed by atoms with Crippen LogP contribution in [0.1, 0.15) is 27.7 Å². The lowest BCUT2D eigenvalue weighted by Crippen LogP contribution is -2.27. The molecule has 0 bridgehead atoms. The van der Waals surface area contributed by atoms with Gasteiger partial charge in [-0.05, 0) is 11.8 Å². The monoisotopic (exact) mass is 158 g/mol. The number of aliphatic hydroxyl groups excluding tert-OH is 1. The maximum absolute atomic E-state index is 11.1. The standard InChI is InChI=1S/C9H18O2/c1-6(2)9(7(3)4)8(11)5-10/h6-7,9-10H,5H2,1-4H3. The quantitative estimate of drug-likeness (QED) is 0.672. The molecule has 2 heteroatoms. The molecule has 66 valence electrons. The summed E-state index contributed by atoms with van der Waals surface area (Å²) in [5, 5.41) is 8.65. The molecular weight excluding hydrogens is 140 g/mol. The Morgan fingerprint density at radius 3 is 1.64 bits per heavy atom. The molecule has 1 N–H and O–H groups in total. The first-order chi connectivity index (χ1) is 5.00. The van der Waals surface area contributed by atoms with Gasteiger partial charge in [-0.2, -0.15) is 0 Å². The zero-order valence-corrected chi connectivity index (χ0v) is 7.79. The first-order valence-electron chi connectivity index (χ1n) is 4.14. The molecule has 0 atom stereocenters. The van der Waals surface area contributed by atoms with E-state index in [0.29, 0.717) is 11.8 Å². The van der Waals surface area contributed by atoms with Gasteiger partial charge < -0.3 is 5.11 Å². The van der Waals surface area contributed by atoms with Crippen LogP contribution in [0, 0.1) is 17.8 Å². The minimum Gasteiger partial charge on any atom is -0.389 e. The number of Topliss-reactive ketones (excluding diaryl/α,β-unsaturated/α-hetero) is 1. The molecule has 0 aliphatic rings. The van der Waals surface area contributed by atoms with Gasteiger partial charge in [0.15, 0.2) is 5.78 Å². The maximum Gasteiger partial charge on any atom is 0.161 e. The van der Waals surface area contributed by atoms with Crippen molar-refractivity contribution in [1.82, 2.24) is 0 Å². The maximum atomic E-state index is 11.1. The Bertz CT molecular complexity index is 120. The Morgan fingerprint density at radius 2 is 1.55 bits per heavy atom. The Morgan fingerprint density at radius 1 is 1.18 bits per heavy atom. The number of hydrogen-bond acceptors (Lipinski definition) is 2. The van der Waals surface area contributed by atoms with E-state index in [-0.39, 0.29) is 18.3 Å². The zero-order valence-electron chi connectivity index (χ0n) is 7.79. The van der Waals surface area contributed by atoms with Crippen LogP contribution in [0.3, 0.4) is 0 Å². The molecule has 0 rings (SSSR count). The Balaban J connectivity index is 4.22. The van der Waals surface area contributed by atoms with Crippen LogP contribution in [-0.2, 0) is 4.79 Å². The predicted molar refractivity (Wildman–Crippen MR) is 45.3 cm³/mol. The number of ketones is 1. The van der Waals surface area contributed by atoms with E-state index >= 15 is 0 Å². The second-order valence-corrected chi connectivity index (χ2v) is 3.64. The van der Waals surface area contributed by atoms with Gasteiger partial charge in [-0.25, -0.2) is 0 Å². The smallest absolute Gasteiger partial charge is 0.161 e. The van der Waals surface area contributed by atoms with Crippen LogP contribution in [0.5, 0.6) is 0 Å². The largest absolute Gasteiger partial charge is 0.389 e. The molecule has 0 aromatic heterocycles. The summed E-state index contributed by atoms with van der Waals surface area (Å²) in [6.07, 6.45) is 0. The van der Waals surface area contributed by atoms with Crippen LogP contribution in [0.25, 0.3) is 0 Å². The molecular formula is C9H18O2. The van der Waals surface area contributed by atoms with Crippen LogP contribution in [0.2, 0.25) is 0 Å². The lowest BCUT2D eigenvalue weighted by molar-refractivity contribution is -0.128. The van der Waals surface area contributed by atoms with E-state index in [1.54, 1.807) is 0 Å². The van der Waals surface area contributed by atoms with Crippen molar-refractivity contribution < 1.29 is 9.90 Å². The van der Waals surface area contributed by atoms with Gasteiger partial charge >= 0.3 is 0 Å². The molecule has 0 heterocycles. The van der Waals surface area contributed by atoms with Gasteiger partial charge in [0, 0.05) is 5.92 Å². The van der Waals surface area contributed by atoms with Crippen LogP contribution in [0.15, 0.2) is 0 Å². The van der Waals surface area contributed by atoms with Gasteiger partial charge in [0.05, 0.1) is 0 Å². The molecule has 0 aliphatic carbocycles. The minimum atomic E-state index is -0.318. The number of aliphatic hydroxyl groups is 1. The fourth-order valence-corrected chi connectivity index (χ4v) is 1.62. The van der Waals surface area contributed by atoms with Gasteiger partial charge in [0.2, 0.25) is 0 Å². The number of hydrogen-bond donors (Lipinski definition) is 1. The van der Waals surface area contributed by atoms with E-state index < -0.39 is 0 Å². The fraction of sp³-hybridized carbons (Fsp3) is 0.889. The van der Waals surface area contributed by atoms with Crippen molar-refractivity contribution in [3.63, 3.8) is 0 Å². The van der Waals surface area contributed by atoms with Crippen molar-refractivity contribution in [2.75, 3.05) is 6.61 Å². The molecule has 2 nitrogen and oxygen atoms in total. The third-order valence-corrected chi connectivity index (χ3v) is 1.96. The van der Waals surface area contributed by atoms with Crippen LogP contribution >= 0.6 is 0 Å². The highest BCUT2D eigenvalue weighted by Crippen LogP contribution is 2.20. The van der Waals surface area contributed by atoms with E-state index in [1.807, 2.05) is 27.7 Å². The summed E-state index contributed by atoms with van der Waals surface area (Å²) in [4.78, 5) is 11.1. The van der Waals surface area contributed by atoms with Gasteiger partial charge in [-0.15, -0.1) is 0 Å². The van der Waals surface area contributed by atoms with Crippen LogP contribution in [0.4, 0.5) is 0 Å². The summed E-state index contributed by atoms with van der Waals surface area (Å²) in [5.41, 5.74) is 0. The Labute approximate surface area is 68.6 Å². The van der Waals surface area contributed by atoms with Crippen LogP contribution < -0.4 is 0 Å². The summed E-state index contributed by atoms with van der Waals surface area (Å²) in [6.45, 7) is 7.73. The van der Waals surface area contributed by atoms with Crippen molar-refractivity contribution >= 4 is 5.78 Å². The normalized spacial score (nSPS) is 11.6. The lowest BCUT2D eigenvalue weighted by Gasteiger charge is -2.22. The SMILES string of the molecule is CC(C)C(C(=O)CO)C(C)C. The molecule has 0 radical (unpaired) electrons. The van der Waals surface area contributed by atoms with E-state index in [9.17, 15) is 4.79 Å². The summed E-state index contributed by atoms with van der Waals surface area (Å²) in [5.74, 6) is 0.638. The first-order valence-corrected chi connectivity index (χ1v) is 4.14. The molecule has 0 aliphatic heterocycles. The minimum absolute atomic E-state index is 0.0139. The highest BCUT2D eigenvalue weighted by atomic mass is 16.3.